The highest BCUT2D eigenvalue weighted by molar-refractivity contribution is 8.13. The molecule has 0 saturated carbocycles. The van der Waals surface area contributed by atoms with Crippen LogP contribution in [-0.4, -0.2) is 63.6 Å². The maximum absolute atomic E-state index is 13.3. The van der Waals surface area contributed by atoms with Crippen molar-refractivity contribution in [2.75, 3.05) is 25.9 Å². The third-order valence-electron chi connectivity index (χ3n) is 3.78. The van der Waals surface area contributed by atoms with Gasteiger partial charge >= 0.3 is 0 Å². The fraction of sp³-hybridized carbons (Fsp3) is 0.400. The first-order valence-electron chi connectivity index (χ1n) is 9.39. The van der Waals surface area contributed by atoms with Gasteiger partial charge in [-0.15, -0.1) is 0 Å². The van der Waals surface area contributed by atoms with Gasteiger partial charge in [-0.05, 0) is 43.7 Å². The molecule has 0 unspecified atom stereocenters. The lowest BCUT2D eigenvalue weighted by Gasteiger charge is -2.12. The Morgan fingerprint density at radius 2 is 2.23 bits per heavy atom. The van der Waals surface area contributed by atoms with Gasteiger partial charge in [-0.2, -0.15) is 4.39 Å². The molecule has 3 N–H and O–H groups in total. The number of hydrogen-bond acceptors (Lipinski definition) is 6. The second-order valence-corrected chi connectivity index (χ2v) is 8.16. The molecule has 0 fully saturated rings. The van der Waals surface area contributed by atoms with Gasteiger partial charge < -0.3 is 20.3 Å². The average Bonchev–Trinajstić information content (AvgIpc) is 3.13. The van der Waals surface area contributed by atoms with E-state index < -0.39 is 11.5 Å². The topological polar surface area (TPSA) is 104 Å². The first-order valence-corrected chi connectivity index (χ1v) is 10.4. The molecule has 0 aliphatic carbocycles. The van der Waals surface area contributed by atoms with Crippen LogP contribution in [0.5, 0.6) is 0 Å². The number of thioether (sulfide) groups is 1. The summed E-state index contributed by atoms with van der Waals surface area (Å²) < 4.78 is 15.0. The lowest BCUT2D eigenvalue weighted by Crippen LogP contribution is -2.31. The fourth-order valence-corrected chi connectivity index (χ4v) is 3.13. The third kappa shape index (κ3) is 8.34. The number of aliphatic hydroxyl groups is 1. The van der Waals surface area contributed by atoms with Crippen molar-refractivity contribution in [1.82, 2.24) is 20.2 Å². The summed E-state index contributed by atoms with van der Waals surface area (Å²) in [5, 5.41) is 15.9. The molecule has 2 aromatic heterocycles. The van der Waals surface area contributed by atoms with Gasteiger partial charge in [0.2, 0.25) is 5.95 Å². The van der Waals surface area contributed by atoms with Gasteiger partial charge in [0.15, 0.2) is 5.17 Å². The number of amidine groups is 1. The van der Waals surface area contributed by atoms with Crippen molar-refractivity contribution in [2.24, 2.45) is 9.98 Å². The van der Waals surface area contributed by atoms with Crippen molar-refractivity contribution in [3.8, 4) is 0 Å². The van der Waals surface area contributed by atoms with E-state index in [-0.39, 0.29) is 5.91 Å². The summed E-state index contributed by atoms with van der Waals surface area (Å²) >= 11 is 1.40. The zero-order valence-electron chi connectivity index (χ0n) is 17.3. The molecular formula is C20H27FN6O2S. The second kappa shape index (κ2) is 11.5. The van der Waals surface area contributed by atoms with Crippen molar-refractivity contribution >= 4 is 29.2 Å². The van der Waals surface area contributed by atoms with Gasteiger partial charge in [0, 0.05) is 38.3 Å². The lowest BCUT2D eigenvalue weighted by atomic mass is 10.1. The Bertz CT molecular complexity index is 891. The molecule has 0 atom stereocenters. The van der Waals surface area contributed by atoms with Crippen LogP contribution in [0.1, 0.15) is 29.9 Å². The van der Waals surface area contributed by atoms with E-state index in [0.717, 1.165) is 0 Å². The molecule has 30 heavy (non-hydrogen) atoms. The molecule has 2 heterocycles. The van der Waals surface area contributed by atoms with E-state index in [1.807, 2.05) is 0 Å². The smallest absolute Gasteiger partial charge is 0.273 e. The first kappa shape index (κ1) is 23.6. The molecule has 1 amide bonds. The minimum absolute atomic E-state index is 0.290. The van der Waals surface area contributed by atoms with Gasteiger partial charge in [0.05, 0.1) is 18.5 Å². The molecular weight excluding hydrogens is 407 g/mol. The molecule has 2 rings (SSSR count). The maximum atomic E-state index is 13.3. The molecule has 8 nitrogen and oxygen atoms in total. The SMILES string of the molecule is CN=C(NC(=O)c1cccn1Cc1ccnc(F)c1)SCCNC=NCC(C)(C)O. The molecule has 0 aliphatic heterocycles. The number of rotatable bonds is 9. The predicted molar refractivity (Wildman–Crippen MR) is 119 cm³/mol. The molecule has 0 saturated heterocycles. The van der Waals surface area contributed by atoms with E-state index >= 15 is 0 Å². The highest BCUT2D eigenvalue weighted by Gasteiger charge is 2.14. The van der Waals surface area contributed by atoms with Crippen LogP contribution in [0.4, 0.5) is 4.39 Å². The number of aromatic nitrogens is 2. The number of amides is 1. The van der Waals surface area contributed by atoms with Gasteiger partial charge in [0.25, 0.3) is 5.91 Å². The zero-order valence-corrected chi connectivity index (χ0v) is 18.1. The first-order chi connectivity index (χ1) is 14.3. The maximum Gasteiger partial charge on any atom is 0.273 e. The van der Waals surface area contributed by atoms with Gasteiger partial charge in [-0.25, -0.2) is 4.98 Å². The Morgan fingerprint density at radius 1 is 1.43 bits per heavy atom. The Labute approximate surface area is 179 Å². The summed E-state index contributed by atoms with van der Waals surface area (Å²) in [4.78, 5) is 24.4. The summed E-state index contributed by atoms with van der Waals surface area (Å²) in [6.45, 7) is 4.68. The molecule has 0 spiro atoms. The number of nitrogens with one attached hydrogen (secondary N) is 2. The highest BCUT2D eigenvalue weighted by Crippen LogP contribution is 2.10. The normalized spacial score (nSPS) is 12.4. The van der Waals surface area contributed by atoms with Crippen LogP contribution >= 0.6 is 11.8 Å². The monoisotopic (exact) mass is 434 g/mol. The van der Waals surface area contributed by atoms with Gasteiger partial charge in [-0.3, -0.25) is 14.8 Å². The van der Waals surface area contributed by atoms with E-state index in [2.05, 4.69) is 25.6 Å². The van der Waals surface area contributed by atoms with Crippen molar-refractivity contribution in [3.05, 3.63) is 53.9 Å². The number of aliphatic imine (C=N–C) groups is 2. The van der Waals surface area contributed by atoms with Crippen LogP contribution in [-0.2, 0) is 6.54 Å². The van der Waals surface area contributed by atoms with Crippen molar-refractivity contribution in [2.45, 2.75) is 26.0 Å². The van der Waals surface area contributed by atoms with E-state index in [1.54, 1.807) is 56.2 Å². The number of halogens is 1. The van der Waals surface area contributed by atoms with Crippen LogP contribution in [0.15, 0.2) is 46.6 Å². The number of nitrogens with zero attached hydrogens (tertiary/aromatic N) is 4. The molecule has 0 aromatic carbocycles. The summed E-state index contributed by atoms with van der Waals surface area (Å²) in [5.41, 5.74) is 0.331. The van der Waals surface area contributed by atoms with Crippen LogP contribution in [0.3, 0.4) is 0 Å². The van der Waals surface area contributed by atoms with Crippen LogP contribution in [0.25, 0.3) is 0 Å². The minimum atomic E-state index is -0.831. The number of carbonyl (C=O) groups is 1. The quantitative estimate of drug-likeness (QED) is 0.242. The van der Waals surface area contributed by atoms with Crippen LogP contribution < -0.4 is 10.6 Å². The number of pyridine rings is 1. The van der Waals surface area contributed by atoms with E-state index in [4.69, 9.17) is 0 Å². The van der Waals surface area contributed by atoms with Crippen LogP contribution in [0, 0.1) is 5.95 Å². The number of carbonyl (C=O) groups excluding carboxylic acids is 1. The van der Waals surface area contributed by atoms with Gasteiger partial charge in [-0.1, -0.05) is 11.8 Å². The summed E-state index contributed by atoms with van der Waals surface area (Å²) in [6.07, 6.45) is 4.73. The molecule has 0 radical (unpaired) electrons. The Kier molecular flexibility index (Phi) is 9.00. The molecule has 10 heteroatoms. The average molecular weight is 435 g/mol. The van der Waals surface area contributed by atoms with Crippen LogP contribution in [0.2, 0.25) is 0 Å². The van der Waals surface area contributed by atoms with Crippen molar-refractivity contribution < 1.29 is 14.3 Å². The Morgan fingerprint density at radius 3 is 2.93 bits per heavy atom. The second-order valence-electron chi connectivity index (χ2n) is 7.08. The standard InChI is InChI=1S/C20H27FN6O2S/c1-20(2,29)13-24-14-23-8-10-30-19(22-3)26-18(28)16-5-4-9-27(16)12-15-6-7-25-17(21)11-15/h4-7,9,11,14,29H,8,10,12-13H2,1-3H3,(H,23,24)(H,22,26,28). The van der Waals surface area contributed by atoms with Gasteiger partial charge in [0.1, 0.15) is 5.69 Å². The largest absolute Gasteiger partial charge is 0.389 e. The Hall–Kier alpha value is -2.72. The highest BCUT2D eigenvalue weighted by atomic mass is 32.2. The molecule has 162 valence electrons. The molecule has 2 aromatic rings. The predicted octanol–water partition coefficient (Wildman–Crippen LogP) is 1.91. The Balaban J connectivity index is 1.82. The minimum Gasteiger partial charge on any atom is -0.389 e. The fourth-order valence-electron chi connectivity index (χ4n) is 2.42. The van der Waals surface area contributed by atoms with E-state index in [9.17, 15) is 14.3 Å². The molecule has 0 bridgehead atoms. The summed E-state index contributed by atoms with van der Waals surface area (Å²) in [5.74, 6) is -0.178. The summed E-state index contributed by atoms with van der Waals surface area (Å²) in [6, 6.07) is 6.51. The zero-order chi connectivity index (χ0) is 22.0. The van der Waals surface area contributed by atoms with Crippen molar-refractivity contribution in [1.29, 1.82) is 0 Å². The summed E-state index contributed by atoms with van der Waals surface area (Å²) in [7, 11) is 1.61. The number of hydrogen-bond donors (Lipinski definition) is 3. The van der Waals surface area contributed by atoms with Crippen molar-refractivity contribution in [3.63, 3.8) is 0 Å². The third-order valence-corrected chi connectivity index (χ3v) is 4.74. The van der Waals surface area contributed by atoms with E-state index in [0.29, 0.717) is 41.8 Å². The lowest BCUT2D eigenvalue weighted by molar-refractivity contribution is 0.0904. The molecule has 0 aliphatic rings. The van der Waals surface area contributed by atoms with E-state index in [1.165, 1.54) is 24.0 Å².